The molecule has 4 heterocycles. The lowest BCUT2D eigenvalue weighted by molar-refractivity contribution is 0.395. The zero-order valence-corrected chi connectivity index (χ0v) is 20.8. The van der Waals surface area contributed by atoms with Crippen LogP contribution in [-0.4, -0.2) is 45.4 Å². The van der Waals surface area contributed by atoms with Crippen LogP contribution in [0.3, 0.4) is 0 Å². The molecule has 178 valence electrons. The lowest BCUT2D eigenvalue weighted by Gasteiger charge is -2.24. The second-order valence-electron chi connectivity index (χ2n) is 9.03. The second kappa shape index (κ2) is 9.80. The maximum atomic E-state index is 10.7. The smallest absolute Gasteiger partial charge is 0.192 e. The maximum Gasteiger partial charge on any atom is 0.192 e. The quantitative estimate of drug-likeness (QED) is 0.358. The fourth-order valence-electron chi connectivity index (χ4n) is 4.48. The van der Waals surface area contributed by atoms with Gasteiger partial charge in [0.15, 0.2) is 11.5 Å². The number of rotatable bonds is 4. The first-order chi connectivity index (χ1) is 16.5. The molecule has 0 radical (unpaired) electrons. The third-order valence-corrected chi connectivity index (χ3v) is 7.19. The lowest BCUT2D eigenvalue weighted by Crippen LogP contribution is -2.29. The Bertz CT molecular complexity index is 1310. The van der Waals surface area contributed by atoms with E-state index >= 15 is 0 Å². The summed E-state index contributed by atoms with van der Waals surface area (Å²) in [5.41, 5.74) is 5.03. The van der Waals surface area contributed by atoms with Gasteiger partial charge in [-0.3, -0.25) is 4.72 Å². The maximum absolute atomic E-state index is 10.7. The Balaban J connectivity index is 0.000000297. The van der Waals surface area contributed by atoms with Crippen LogP contribution in [0.2, 0.25) is 0 Å². The summed E-state index contributed by atoms with van der Waals surface area (Å²) in [5, 5.41) is 10.7. The van der Waals surface area contributed by atoms with Crippen molar-refractivity contribution in [3.8, 4) is 17.0 Å². The zero-order chi connectivity index (χ0) is 23.7. The third kappa shape index (κ3) is 4.57. The van der Waals surface area contributed by atoms with Crippen molar-refractivity contribution in [2.75, 3.05) is 24.2 Å². The normalized spacial score (nSPS) is 16.0. The third-order valence-electron chi connectivity index (χ3n) is 6.62. The molecule has 7 nitrogen and oxygen atoms in total. The molecule has 8 heteroatoms. The van der Waals surface area contributed by atoms with Crippen LogP contribution in [0.4, 0.5) is 5.82 Å². The molecular formula is C26H31N5O2S. The van der Waals surface area contributed by atoms with Crippen LogP contribution in [0, 0.1) is 13.8 Å². The van der Waals surface area contributed by atoms with E-state index in [1.54, 1.807) is 24.9 Å². The van der Waals surface area contributed by atoms with Crippen molar-refractivity contribution in [1.29, 1.82) is 0 Å². The summed E-state index contributed by atoms with van der Waals surface area (Å²) in [5.74, 6) is 1.77. The highest BCUT2D eigenvalue weighted by Gasteiger charge is 2.18. The van der Waals surface area contributed by atoms with Gasteiger partial charge in [-0.15, -0.1) is 0 Å². The Labute approximate surface area is 204 Å². The van der Waals surface area contributed by atoms with Gasteiger partial charge in [0.2, 0.25) is 0 Å². The highest BCUT2D eigenvalue weighted by Crippen LogP contribution is 2.37. The van der Waals surface area contributed by atoms with Gasteiger partial charge >= 0.3 is 0 Å². The summed E-state index contributed by atoms with van der Waals surface area (Å²) in [4.78, 5) is 16.1. The van der Waals surface area contributed by atoms with Crippen LogP contribution in [0.5, 0.6) is 5.75 Å². The standard InChI is InChI=1S/C21H20N4O2.C5H11NS/c1-12-20-18(27-13(2)22-20)11-14(21(12)26)15-5-6-17-16(23-15)7-8-19(24-17)25-9-3-4-10-25;1-7-6-5-3-2-4-5/h5-8,11,26H,3-4,9-10H2,1-2H3;5-6H,2-4H2,1H3. The Hall–Kier alpha value is -2.84. The number of fused-ring (bicyclic) bond motifs is 2. The molecule has 1 saturated carbocycles. The molecule has 1 aromatic carbocycles. The SMILES string of the molecule is CSNC1CCC1.Cc1nc2c(C)c(O)c(-c3ccc4nc(N5CCCC5)ccc4n3)cc2o1. The van der Waals surface area contributed by atoms with E-state index in [0.717, 1.165) is 36.0 Å². The van der Waals surface area contributed by atoms with E-state index in [0.29, 0.717) is 33.8 Å². The van der Waals surface area contributed by atoms with Gasteiger partial charge in [-0.2, -0.15) is 0 Å². The molecule has 3 aromatic heterocycles. The number of anilines is 1. The van der Waals surface area contributed by atoms with E-state index in [4.69, 9.17) is 14.4 Å². The lowest BCUT2D eigenvalue weighted by atomic mass is 9.94. The van der Waals surface area contributed by atoms with Gasteiger partial charge in [-0.1, -0.05) is 18.4 Å². The van der Waals surface area contributed by atoms with Gasteiger partial charge in [-0.05, 0) is 69.2 Å². The van der Waals surface area contributed by atoms with Crippen molar-refractivity contribution >= 4 is 39.9 Å². The largest absolute Gasteiger partial charge is 0.507 e. The Morgan fingerprint density at radius 1 is 1.00 bits per heavy atom. The minimum atomic E-state index is 0.185. The van der Waals surface area contributed by atoms with Crippen LogP contribution in [0.15, 0.2) is 34.7 Å². The van der Waals surface area contributed by atoms with E-state index in [-0.39, 0.29) is 5.75 Å². The van der Waals surface area contributed by atoms with Crippen molar-refractivity contribution in [3.63, 3.8) is 0 Å². The molecule has 1 saturated heterocycles. The number of aromatic nitrogens is 3. The molecule has 34 heavy (non-hydrogen) atoms. The van der Waals surface area contributed by atoms with Crippen LogP contribution >= 0.6 is 11.9 Å². The molecular weight excluding hydrogens is 446 g/mol. The monoisotopic (exact) mass is 477 g/mol. The molecule has 0 bridgehead atoms. The fourth-order valence-corrected chi connectivity index (χ4v) is 5.05. The summed E-state index contributed by atoms with van der Waals surface area (Å²) in [7, 11) is 0. The Kier molecular flexibility index (Phi) is 6.61. The molecule has 2 aliphatic rings. The average Bonchev–Trinajstić information content (AvgIpc) is 3.48. The summed E-state index contributed by atoms with van der Waals surface area (Å²) < 4.78 is 8.96. The molecule has 1 aliphatic heterocycles. The molecule has 1 aliphatic carbocycles. The van der Waals surface area contributed by atoms with Crippen molar-refractivity contribution in [2.24, 2.45) is 0 Å². The molecule has 0 spiro atoms. The summed E-state index contributed by atoms with van der Waals surface area (Å²) in [6.45, 7) is 5.77. The average molecular weight is 478 g/mol. The molecule has 2 N–H and O–H groups in total. The molecule has 0 atom stereocenters. The van der Waals surface area contributed by atoms with Crippen LogP contribution in [0.1, 0.15) is 43.6 Å². The van der Waals surface area contributed by atoms with Gasteiger partial charge in [0.25, 0.3) is 0 Å². The van der Waals surface area contributed by atoms with Crippen LogP contribution in [-0.2, 0) is 0 Å². The number of phenols is 1. The van der Waals surface area contributed by atoms with Crippen molar-refractivity contribution < 1.29 is 9.52 Å². The summed E-state index contributed by atoms with van der Waals surface area (Å²) in [6, 6.07) is 10.5. The van der Waals surface area contributed by atoms with E-state index in [9.17, 15) is 5.11 Å². The first-order valence-electron chi connectivity index (χ1n) is 11.9. The predicted octanol–water partition coefficient (Wildman–Crippen LogP) is 5.77. The molecule has 0 amide bonds. The highest BCUT2D eigenvalue weighted by molar-refractivity contribution is 7.96. The van der Waals surface area contributed by atoms with Crippen LogP contribution in [0.25, 0.3) is 33.4 Å². The number of phenolic OH excluding ortho intramolecular Hbond substituents is 1. The number of nitrogens with one attached hydrogen (secondary N) is 1. The second-order valence-corrected chi connectivity index (χ2v) is 9.67. The van der Waals surface area contributed by atoms with Gasteiger partial charge in [-0.25, -0.2) is 15.0 Å². The van der Waals surface area contributed by atoms with E-state index in [1.807, 2.05) is 31.2 Å². The number of benzene rings is 1. The predicted molar refractivity (Wildman–Crippen MR) is 139 cm³/mol. The van der Waals surface area contributed by atoms with Gasteiger partial charge in [0, 0.05) is 37.2 Å². The first-order valence-corrected chi connectivity index (χ1v) is 13.2. The van der Waals surface area contributed by atoms with Crippen LogP contribution < -0.4 is 9.62 Å². The zero-order valence-electron chi connectivity index (χ0n) is 20.0. The summed E-state index contributed by atoms with van der Waals surface area (Å²) >= 11 is 1.74. The number of hydrogen-bond donors (Lipinski definition) is 2. The molecule has 2 fully saturated rings. The topological polar surface area (TPSA) is 87.3 Å². The van der Waals surface area contributed by atoms with Crippen molar-refractivity contribution in [3.05, 3.63) is 41.8 Å². The van der Waals surface area contributed by atoms with Crippen molar-refractivity contribution in [2.45, 2.75) is 52.0 Å². The highest BCUT2D eigenvalue weighted by atomic mass is 32.2. The Morgan fingerprint density at radius 3 is 2.41 bits per heavy atom. The van der Waals surface area contributed by atoms with Gasteiger partial charge < -0.3 is 14.4 Å². The number of pyridine rings is 2. The minimum Gasteiger partial charge on any atom is -0.507 e. The van der Waals surface area contributed by atoms with E-state index in [2.05, 4.69) is 20.9 Å². The minimum absolute atomic E-state index is 0.185. The molecule has 0 unspecified atom stereocenters. The van der Waals surface area contributed by atoms with Gasteiger partial charge in [0.1, 0.15) is 17.1 Å². The van der Waals surface area contributed by atoms with E-state index < -0.39 is 0 Å². The fraction of sp³-hybridized carbons (Fsp3) is 0.423. The van der Waals surface area contributed by atoms with E-state index in [1.165, 1.54) is 32.1 Å². The summed E-state index contributed by atoms with van der Waals surface area (Å²) in [6.07, 6.45) is 8.73. The number of aryl methyl sites for hydroxylation is 2. The molecule has 4 aromatic rings. The number of aromatic hydroxyl groups is 1. The number of hydrogen-bond acceptors (Lipinski definition) is 8. The molecule has 6 rings (SSSR count). The number of nitrogens with zero attached hydrogens (tertiary/aromatic N) is 4. The van der Waals surface area contributed by atoms with Gasteiger partial charge in [0.05, 0.1) is 16.7 Å². The Morgan fingerprint density at radius 2 is 1.74 bits per heavy atom. The number of oxazole rings is 1. The first kappa shape index (κ1) is 22.9. The van der Waals surface area contributed by atoms with Crippen molar-refractivity contribution in [1.82, 2.24) is 19.7 Å².